The van der Waals surface area contributed by atoms with E-state index in [0.29, 0.717) is 13.0 Å². The maximum Gasteiger partial charge on any atom is 0.321 e. The van der Waals surface area contributed by atoms with E-state index in [4.69, 9.17) is 0 Å². The summed E-state index contributed by atoms with van der Waals surface area (Å²) in [6.45, 7) is 2.82. The third-order valence-electron chi connectivity index (χ3n) is 4.79. The number of anilines is 1. The number of hydrogen-bond acceptors (Lipinski definition) is 2. The standard InChI is InChI=1S/C21H24N2O3/c1-15-11-18(20(24)25)14-23(13-15)21(26)22-19-10-6-5-9-17(19)12-16-7-3-2-4-8-16/h2-10,15,18H,11-14H2,1H3,(H,22,26)(H,24,25). The molecule has 0 spiro atoms. The number of benzene rings is 2. The Hall–Kier alpha value is -2.82. The topological polar surface area (TPSA) is 69.6 Å². The van der Waals surface area contributed by atoms with Gasteiger partial charge in [0.05, 0.1) is 5.92 Å². The second-order valence-corrected chi connectivity index (χ2v) is 7.03. The summed E-state index contributed by atoms with van der Waals surface area (Å²) < 4.78 is 0. The Balaban J connectivity index is 1.72. The van der Waals surface area contributed by atoms with Gasteiger partial charge in [0, 0.05) is 18.8 Å². The van der Waals surface area contributed by atoms with Crippen molar-refractivity contribution in [1.82, 2.24) is 4.90 Å². The number of carbonyl (C=O) groups excluding carboxylic acids is 1. The molecule has 1 saturated heterocycles. The minimum Gasteiger partial charge on any atom is -0.481 e. The normalized spacial score (nSPS) is 19.8. The number of piperidine rings is 1. The Kier molecular flexibility index (Phi) is 5.56. The molecule has 1 fully saturated rings. The second-order valence-electron chi connectivity index (χ2n) is 7.03. The first-order valence-corrected chi connectivity index (χ1v) is 8.93. The predicted molar refractivity (Wildman–Crippen MR) is 101 cm³/mol. The van der Waals surface area contributed by atoms with Crippen LogP contribution in [0.5, 0.6) is 0 Å². The van der Waals surface area contributed by atoms with Crippen molar-refractivity contribution in [2.45, 2.75) is 19.8 Å². The molecule has 2 aromatic rings. The minimum absolute atomic E-state index is 0.176. The molecule has 2 unspecified atom stereocenters. The molecule has 2 amide bonds. The molecule has 2 atom stereocenters. The molecule has 2 aromatic carbocycles. The number of urea groups is 1. The first kappa shape index (κ1) is 18.0. The molecule has 0 saturated carbocycles. The largest absolute Gasteiger partial charge is 0.481 e. The van der Waals surface area contributed by atoms with Gasteiger partial charge in [-0.25, -0.2) is 4.79 Å². The number of para-hydroxylation sites is 1. The van der Waals surface area contributed by atoms with Crippen molar-refractivity contribution >= 4 is 17.7 Å². The maximum atomic E-state index is 12.7. The molecule has 1 aliphatic rings. The van der Waals surface area contributed by atoms with Crippen molar-refractivity contribution in [3.05, 3.63) is 65.7 Å². The van der Waals surface area contributed by atoms with Gasteiger partial charge in [-0.2, -0.15) is 0 Å². The lowest BCUT2D eigenvalue weighted by atomic mass is 9.91. The molecular formula is C21H24N2O3. The van der Waals surface area contributed by atoms with Gasteiger partial charge in [0.15, 0.2) is 0 Å². The molecule has 0 aromatic heterocycles. The fourth-order valence-corrected chi connectivity index (χ4v) is 3.50. The Bertz CT molecular complexity index is 776. The van der Waals surface area contributed by atoms with Crippen LogP contribution in [0.25, 0.3) is 0 Å². The predicted octanol–water partition coefficient (Wildman–Crippen LogP) is 3.85. The molecule has 2 N–H and O–H groups in total. The number of nitrogens with one attached hydrogen (secondary N) is 1. The van der Waals surface area contributed by atoms with E-state index in [-0.39, 0.29) is 18.5 Å². The molecule has 26 heavy (non-hydrogen) atoms. The number of carbonyl (C=O) groups is 2. The van der Waals surface area contributed by atoms with Gasteiger partial charge in [-0.1, -0.05) is 55.5 Å². The zero-order chi connectivity index (χ0) is 18.5. The summed E-state index contributed by atoms with van der Waals surface area (Å²) in [6, 6.07) is 17.6. The number of carboxylic acid groups (broad SMARTS) is 1. The van der Waals surface area contributed by atoms with Crippen LogP contribution in [0.4, 0.5) is 10.5 Å². The average Bonchev–Trinajstić information content (AvgIpc) is 2.63. The van der Waals surface area contributed by atoms with Crippen molar-refractivity contribution in [2.24, 2.45) is 11.8 Å². The van der Waals surface area contributed by atoms with E-state index in [1.165, 1.54) is 5.56 Å². The van der Waals surface area contributed by atoms with E-state index in [9.17, 15) is 14.7 Å². The van der Waals surface area contributed by atoms with Crippen LogP contribution in [0.1, 0.15) is 24.5 Å². The van der Waals surface area contributed by atoms with Crippen LogP contribution >= 0.6 is 0 Å². The van der Waals surface area contributed by atoms with Crippen LogP contribution < -0.4 is 5.32 Å². The highest BCUT2D eigenvalue weighted by atomic mass is 16.4. The summed E-state index contributed by atoms with van der Waals surface area (Å²) in [6.07, 6.45) is 1.34. The highest BCUT2D eigenvalue weighted by Crippen LogP contribution is 2.24. The molecule has 136 valence electrons. The summed E-state index contributed by atoms with van der Waals surface area (Å²) in [5.41, 5.74) is 2.98. The van der Waals surface area contributed by atoms with Crippen LogP contribution in [-0.2, 0) is 11.2 Å². The second kappa shape index (κ2) is 8.04. The van der Waals surface area contributed by atoms with Gasteiger partial charge in [0.1, 0.15) is 0 Å². The van der Waals surface area contributed by atoms with Gasteiger partial charge in [-0.15, -0.1) is 0 Å². The number of rotatable bonds is 4. The fourth-order valence-electron chi connectivity index (χ4n) is 3.50. The highest BCUT2D eigenvalue weighted by molar-refractivity contribution is 5.90. The highest BCUT2D eigenvalue weighted by Gasteiger charge is 2.32. The first-order chi connectivity index (χ1) is 12.5. The van der Waals surface area contributed by atoms with Gasteiger partial charge >= 0.3 is 12.0 Å². The molecule has 5 nitrogen and oxygen atoms in total. The summed E-state index contributed by atoms with van der Waals surface area (Å²) >= 11 is 0. The van der Waals surface area contributed by atoms with Crippen molar-refractivity contribution in [2.75, 3.05) is 18.4 Å². The summed E-state index contributed by atoms with van der Waals surface area (Å²) in [5.74, 6) is -1.15. The molecule has 3 rings (SSSR count). The summed E-state index contributed by atoms with van der Waals surface area (Å²) in [5, 5.41) is 12.3. The molecule has 1 heterocycles. The van der Waals surface area contributed by atoms with Crippen LogP contribution in [0.3, 0.4) is 0 Å². The third kappa shape index (κ3) is 4.42. The first-order valence-electron chi connectivity index (χ1n) is 8.93. The average molecular weight is 352 g/mol. The molecule has 5 heteroatoms. The zero-order valence-electron chi connectivity index (χ0n) is 14.9. The van der Waals surface area contributed by atoms with Gasteiger partial charge in [-0.3, -0.25) is 4.79 Å². The number of aliphatic carboxylic acids is 1. The van der Waals surface area contributed by atoms with E-state index in [1.54, 1.807) is 4.90 Å². The van der Waals surface area contributed by atoms with Crippen molar-refractivity contribution < 1.29 is 14.7 Å². The van der Waals surface area contributed by atoms with Crippen LogP contribution in [-0.4, -0.2) is 35.1 Å². The Labute approximate surface area is 153 Å². The zero-order valence-corrected chi connectivity index (χ0v) is 14.9. The molecule has 0 bridgehead atoms. The number of amides is 2. The SMILES string of the molecule is CC1CC(C(=O)O)CN(C(=O)Nc2ccccc2Cc2ccccc2)C1. The molecule has 0 aliphatic carbocycles. The van der Waals surface area contributed by atoms with Gasteiger partial charge in [0.25, 0.3) is 0 Å². The van der Waals surface area contributed by atoms with Gasteiger partial charge in [0.2, 0.25) is 0 Å². The van der Waals surface area contributed by atoms with Crippen LogP contribution in [0.2, 0.25) is 0 Å². The van der Waals surface area contributed by atoms with Gasteiger partial charge < -0.3 is 15.3 Å². The summed E-state index contributed by atoms with van der Waals surface area (Å²) in [7, 11) is 0. The quantitative estimate of drug-likeness (QED) is 0.878. The fraction of sp³-hybridized carbons (Fsp3) is 0.333. The molecular weight excluding hydrogens is 328 g/mol. The van der Waals surface area contributed by atoms with E-state index in [1.807, 2.05) is 49.4 Å². The lowest BCUT2D eigenvalue weighted by Crippen LogP contribution is -2.47. The van der Waals surface area contributed by atoms with Crippen molar-refractivity contribution in [3.63, 3.8) is 0 Å². The van der Waals surface area contributed by atoms with Crippen molar-refractivity contribution in [1.29, 1.82) is 0 Å². The lowest BCUT2D eigenvalue weighted by molar-refractivity contribution is -0.143. The number of likely N-dealkylation sites (tertiary alicyclic amines) is 1. The van der Waals surface area contributed by atoms with E-state index >= 15 is 0 Å². The van der Waals surface area contributed by atoms with E-state index < -0.39 is 11.9 Å². The summed E-state index contributed by atoms with van der Waals surface area (Å²) in [4.78, 5) is 25.7. The number of carboxylic acids is 1. The molecule has 1 aliphatic heterocycles. The number of hydrogen-bond donors (Lipinski definition) is 2. The Morgan fingerprint density at radius 3 is 2.50 bits per heavy atom. The minimum atomic E-state index is -0.834. The van der Waals surface area contributed by atoms with E-state index in [2.05, 4.69) is 17.4 Å². The van der Waals surface area contributed by atoms with E-state index in [0.717, 1.165) is 17.7 Å². The Morgan fingerprint density at radius 1 is 1.08 bits per heavy atom. The maximum absolute atomic E-state index is 12.7. The third-order valence-corrected chi connectivity index (χ3v) is 4.79. The molecule has 0 radical (unpaired) electrons. The smallest absolute Gasteiger partial charge is 0.321 e. The lowest BCUT2D eigenvalue weighted by Gasteiger charge is -2.34. The van der Waals surface area contributed by atoms with Gasteiger partial charge in [-0.05, 0) is 36.0 Å². The monoisotopic (exact) mass is 352 g/mol. The Morgan fingerprint density at radius 2 is 1.77 bits per heavy atom. The number of nitrogens with zero attached hydrogens (tertiary/aromatic N) is 1. The van der Waals surface area contributed by atoms with Crippen molar-refractivity contribution in [3.8, 4) is 0 Å². The van der Waals surface area contributed by atoms with Crippen LogP contribution in [0, 0.1) is 11.8 Å². The van der Waals surface area contributed by atoms with Crippen LogP contribution in [0.15, 0.2) is 54.6 Å².